The molecule has 0 saturated heterocycles. The summed E-state index contributed by atoms with van der Waals surface area (Å²) in [5.74, 6) is 1.62. The molecule has 0 spiro atoms. The number of H-pyrrole nitrogens is 1. The first-order valence-corrected chi connectivity index (χ1v) is 5.88. The van der Waals surface area contributed by atoms with Gasteiger partial charge in [-0.05, 0) is 38.2 Å². The Labute approximate surface area is 105 Å². The van der Waals surface area contributed by atoms with Crippen LogP contribution in [0.1, 0.15) is 12.5 Å². The van der Waals surface area contributed by atoms with Gasteiger partial charge in [0, 0.05) is 6.54 Å². The molecule has 0 radical (unpaired) electrons. The molecule has 90 valence electrons. The van der Waals surface area contributed by atoms with Crippen molar-refractivity contribution < 1.29 is 4.74 Å². The zero-order valence-electron chi connectivity index (χ0n) is 10.2. The summed E-state index contributed by atoms with van der Waals surface area (Å²) in [7, 11) is 1.66. The van der Waals surface area contributed by atoms with E-state index in [-0.39, 0.29) is 0 Å². The normalized spacial score (nSPS) is 10.5. The number of aromatic amines is 1. The van der Waals surface area contributed by atoms with E-state index in [1.54, 1.807) is 7.11 Å². The van der Waals surface area contributed by atoms with Crippen LogP contribution in [0.3, 0.4) is 0 Å². The lowest BCUT2D eigenvalue weighted by atomic mass is 10.1. The maximum absolute atomic E-state index is 5.36. The van der Waals surface area contributed by atoms with Gasteiger partial charge < -0.3 is 9.30 Å². The molecule has 0 fully saturated rings. The molecule has 0 amide bonds. The van der Waals surface area contributed by atoms with Gasteiger partial charge >= 0.3 is 0 Å². The van der Waals surface area contributed by atoms with Gasteiger partial charge in [0.15, 0.2) is 10.6 Å². The number of aromatic nitrogens is 3. The van der Waals surface area contributed by atoms with Crippen LogP contribution in [-0.2, 0) is 6.54 Å². The highest BCUT2D eigenvalue weighted by atomic mass is 32.1. The average Bonchev–Trinajstić information content (AvgIpc) is 2.70. The van der Waals surface area contributed by atoms with E-state index in [0.29, 0.717) is 4.77 Å². The van der Waals surface area contributed by atoms with Gasteiger partial charge in [0.2, 0.25) is 0 Å². The van der Waals surface area contributed by atoms with Crippen molar-refractivity contribution in [2.45, 2.75) is 20.4 Å². The zero-order chi connectivity index (χ0) is 12.4. The highest BCUT2D eigenvalue weighted by Crippen LogP contribution is 2.29. The van der Waals surface area contributed by atoms with Crippen molar-refractivity contribution in [3.63, 3.8) is 0 Å². The number of benzene rings is 1. The Kier molecular flexibility index (Phi) is 3.28. The number of methoxy groups -OCH3 is 1. The van der Waals surface area contributed by atoms with Crippen LogP contribution < -0.4 is 4.74 Å². The van der Waals surface area contributed by atoms with E-state index in [4.69, 9.17) is 17.0 Å². The minimum atomic E-state index is 0.631. The zero-order valence-corrected chi connectivity index (χ0v) is 11.0. The first-order valence-electron chi connectivity index (χ1n) is 5.47. The second-order valence-electron chi connectivity index (χ2n) is 3.80. The quantitative estimate of drug-likeness (QED) is 0.850. The minimum Gasteiger partial charge on any atom is -0.496 e. The van der Waals surface area contributed by atoms with Crippen LogP contribution in [0.2, 0.25) is 0 Å². The predicted octanol–water partition coefficient (Wildman–Crippen LogP) is 2.94. The van der Waals surface area contributed by atoms with Gasteiger partial charge in [0.05, 0.1) is 12.7 Å². The number of hydrogen-bond acceptors (Lipinski definition) is 3. The number of aryl methyl sites for hydroxylation is 1. The fraction of sp³-hybridized carbons (Fsp3) is 0.333. The second-order valence-corrected chi connectivity index (χ2v) is 4.19. The van der Waals surface area contributed by atoms with Crippen LogP contribution in [0, 0.1) is 11.7 Å². The summed E-state index contributed by atoms with van der Waals surface area (Å²) in [5.41, 5.74) is 2.12. The summed E-state index contributed by atoms with van der Waals surface area (Å²) >= 11 is 5.19. The van der Waals surface area contributed by atoms with Crippen molar-refractivity contribution >= 4 is 12.2 Å². The molecule has 0 unspecified atom stereocenters. The summed E-state index contributed by atoms with van der Waals surface area (Å²) in [6, 6.07) is 6.01. The molecule has 1 aromatic carbocycles. The molecular weight excluding hydrogens is 234 g/mol. The fourth-order valence-corrected chi connectivity index (χ4v) is 2.07. The first kappa shape index (κ1) is 11.9. The molecule has 1 aromatic heterocycles. The standard InChI is InChI=1S/C12H15N3OS/c1-4-15-11(13-14-12(15)17)9-7-8(2)5-6-10(9)16-3/h5-7H,4H2,1-3H3,(H,14,17). The Bertz CT molecular complexity index is 586. The Morgan fingerprint density at radius 3 is 2.88 bits per heavy atom. The van der Waals surface area contributed by atoms with E-state index >= 15 is 0 Å². The average molecular weight is 249 g/mol. The minimum absolute atomic E-state index is 0.631. The SMILES string of the molecule is CCn1c(-c2cc(C)ccc2OC)n[nH]c1=S. The molecule has 0 atom stereocenters. The number of hydrogen-bond donors (Lipinski definition) is 1. The van der Waals surface area contributed by atoms with E-state index in [1.807, 2.05) is 30.5 Å². The van der Waals surface area contributed by atoms with Gasteiger partial charge in [-0.2, -0.15) is 5.10 Å². The fourth-order valence-electron chi connectivity index (χ4n) is 1.81. The maximum atomic E-state index is 5.36. The Hall–Kier alpha value is -1.62. The molecule has 1 heterocycles. The molecule has 5 heteroatoms. The van der Waals surface area contributed by atoms with Crippen molar-refractivity contribution in [3.05, 3.63) is 28.5 Å². The monoisotopic (exact) mass is 249 g/mol. The molecular formula is C12H15N3OS. The molecule has 0 saturated carbocycles. The van der Waals surface area contributed by atoms with Crippen molar-refractivity contribution in [1.29, 1.82) is 0 Å². The number of rotatable bonds is 3. The van der Waals surface area contributed by atoms with E-state index in [1.165, 1.54) is 0 Å². The number of nitrogens with one attached hydrogen (secondary N) is 1. The van der Waals surface area contributed by atoms with Gasteiger partial charge in [0.1, 0.15) is 5.75 Å². The smallest absolute Gasteiger partial charge is 0.195 e. The maximum Gasteiger partial charge on any atom is 0.195 e. The lowest BCUT2D eigenvalue weighted by molar-refractivity contribution is 0.415. The number of nitrogens with zero attached hydrogens (tertiary/aromatic N) is 2. The molecule has 2 aromatic rings. The number of ether oxygens (including phenoxy) is 1. The molecule has 0 aliphatic carbocycles. The van der Waals surface area contributed by atoms with Crippen LogP contribution in [0.5, 0.6) is 5.75 Å². The van der Waals surface area contributed by atoms with Crippen molar-refractivity contribution in [2.24, 2.45) is 0 Å². The third-order valence-corrected chi connectivity index (χ3v) is 2.98. The molecule has 0 bridgehead atoms. The van der Waals surface area contributed by atoms with Gasteiger partial charge in [-0.25, -0.2) is 0 Å². The van der Waals surface area contributed by atoms with Crippen molar-refractivity contribution in [3.8, 4) is 17.1 Å². The lowest BCUT2D eigenvalue weighted by Gasteiger charge is -2.09. The van der Waals surface area contributed by atoms with Crippen molar-refractivity contribution in [2.75, 3.05) is 7.11 Å². The van der Waals surface area contributed by atoms with E-state index < -0.39 is 0 Å². The van der Waals surface area contributed by atoms with Gasteiger partial charge in [-0.15, -0.1) is 0 Å². The summed E-state index contributed by atoms with van der Waals surface area (Å²) in [5, 5.41) is 7.09. The summed E-state index contributed by atoms with van der Waals surface area (Å²) in [6.45, 7) is 4.86. The Morgan fingerprint density at radius 1 is 1.47 bits per heavy atom. The highest BCUT2D eigenvalue weighted by molar-refractivity contribution is 7.71. The van der Waals surface area contributed by atoms with Crippen LogP contribution >= 0.6 is 12.2 Å². The first-order chi connectivity index (χ1) is 8.17. The van der Waals surface area contributed by atoms with Gasteiger partial charge in [-0.1, -0.05) is 11.6 Å². The van der Waals surface area contributed by atoms with E-state index in [9.17, 15) is 0 Å². The summed E-state index contributed by atoms with van der Waals surface area (Å²) in [4.78, 5) is 0. The van der Waals surface area contributed by atoms with Crippen molar-refractivity contribution in [1.82, 2.24) is 14.8 Å². The lowest BCUT2D eigenvalue weighted by Crippen LogP contribution is -1.99. The Morgan fingerprint density at radius 2 is 2.24 bits per heavy atom. The summed E-state index contributed by atoms with van der Waals surface area (Å²) < 4.78 is 7.94. The van der Waals surface area contributed by atoms with Crippen LogP contribution in [0.15, 0.2) is 18.2 Å². The van der Waals surface area contributed by atoms with Gasteiger partial charge in [-0.3, -0.25) is 5.10 Å². The topological polar surface area (TPSA) is 42.8 Å². The molecule has 0 aliphatic heterocycles. The third kappa shape index (κ3) is 2.10. The largest absolute Gasteiger partial charge is 0.496 e. The molecule has 0 aliphatic rings. The Balaban J connectivity index is 2.66. The van der Waals surface area contributed by atoms with E-state index in [2.05, 4.69) is 16.3 Å². The van der Waals surface area contributed by atoms with Crippen LogP contribution in [0.25, 0.3) is 11.4 Å². The van der Waals surface area contributed by atoms with Crippen LogP contribution in [0.4, 0.5) is 0 Å². The molecule has 2 rings (SSSR count). The molecule has 4 nitrogen and oxygen atoms in total. The molecule has 17 heavy (non-hydrogen) atoms. The van der Waals surface area contributed by atoms with Crippen LogP contribution in [-0.4, -0.2) is 21.9 Å². The molecule has 1 N–H and O–H groups in total. The third-order valence-electron chi connectivity index (χ3n) is 2.67. The highest BCUT2D eigenvalue weighted by Gasteiger charge is 2.12. The van der Waals surface area contributed by atoms with E-state index in [0.717, 1.165) is 29.2 Å². The van der Waals surface area contributed by atoms with Gasteiger partial charge in [0.25, 0.3) is 0 Å². The summed E-state index contributed by atoms with van der Waals surface area (Å²) in [6.07, 6.45) is 0. The predicted molar refractivity (Wildman–Crippen MR) is 69.8 cm³/mol. The second kappa shape index (κ2) is 4.71.